The topological polar surface area (TPSA) is 107 Å². The average molecular weight is 253 g/mol. The van der Waals surface area contributed by atoms with Crippen LogP contribution < -0.4 is 5.32 Å². The number of amides is 1. The molecule has 0 aliphatic heterocycles. The van der Waals surface area contributed by atoms with Crippen LogP contribution in [0, 0.1) is 5.92 Å². The van der Waals surface area contributed by atoms with Gasteiger partial charge < -0.3 is 20.6 Å². The Labute approximate surface area is 104 Å². The molecule has 1 atom stereocenters. The molecule has 0 saturated heterocycles. The maximum atomic E-state index is 11.6. The summed E-state index contributed by atoms with van der Waals surface area (Å²) in [6, 6.07) is 3.73. The lowest BCUT2D eigenvalue weighted by Crippen LogP contribution is -2.29. The van der Waals surface area contributed by atoms with E-state index in [0.717, 1.165) is 6.07 Å². The predicted molar refractivity (Wildman–Crippen MR) is 63.5 cm³/mol. The van der Waals surface area contributed by atoms with Crippen molar-refractivity contribution >= 4 is 11.9 Å². The van der Waals surface area contributed by atoms with Crippen molar-refractivity contribution in [3.8, 4) is 11.5 Å². The highest BCUT2D eigenvalue weighted by atomic mass is 16.4. The molecule has 1 amide bonds. The number of aliphatic carboxylic acids is 1. The van der Waals surface area contributed by atoms with Crippen LogP contribution in [-0.2, 0) is 4.79 Å². The number of nitrogens with one attached hydrogen (secondary N) is 1. The smallest absolute Gasteiger partial charge is 0.303 e. The summed E-state index contributed by atoms with van der Waals surface area (Å²) in [7, 11) is 0. The standard InChI is InChI=1S/C12H15NO5/c1-7(4-11(16)17)6-13-12(18)8-2-3-9(14)10(15)5-8/h2-3,5,7,14-15H,4,6H2,1H3,(H,13,18)(H,16,17). The van der Waals surface area contributed by atoms with Gasteiger partial charge in [0.1, 0.15) is 0 Å². The lowest BCUT2D eigenvalue weighted by molar-refractivity contribution is -0.137. The first kappa shape index (κ1) is 13.8. The van der Waals surface area contributed by atoms with E-state index in [4.69, 9.17) is 10.2 Å². The summed E-state index contributed by atoms with van der Waals surface area (Å²) < 4.78 is 0. The summed E-state index contributed by atoms with van der Waals surface area (Å²) in [6.07, 6.45) is -0.0267. The van der Waals surface area contributed by atoms with Gasteiger partial charge in [-0.3, -0.25) is 9.59 Å². The van der Waals surface area contributed by atoms with Gasteiger partial charge in [-0.15, -0.1) is 0 Å². The molecule has 0 radical (unpaired) electrons. The maximum Gasteiger partial charge on any atom is 0.303 e. The van der Waals surface area contributed by atoms with E-state index in [9.17, 15) is 14.7 Å². The predicted octanol–water partition coefficient (Wildman–Crippen LogP) is 0.938. The summed E-state index contributed by atoms with van der Waals surface area (Å²) in [5.74, 6) is -2.20. The Kier molecular flexibility index (Phi) is 4.53. The molecule has 6 heteroatoms. The number of carboxylic acids is 1. The van der Waals surface area contributed by atoms with E-state index >= 15 is 0 Å². The molecule has 6 nitrogen and oxygen atoms in total. The maximum absolute atomic E-state index is 11.6. The van der Waals surface area contributed by atoms with E-state index in [2.05, 4.69) is 5.32 Å². The quantitative estimate of drug-likeness (QED) is 0.584. The first-order valence-electron chi connectivity index (χ1n) is 5.42. The average Bonchev–Trinajstić information content (AvgIpc) is 2.28. The fourth-order valence-electron chi connectivity index (χ4n) is 1.40. The first-order valence-corrected chi connectivity index (χ1v) is 5.42. The number of phenolic OH excluding ortho intramolecular Hbond substituents is 2. The van der Waals surface area contributed by atoms with Crippen LogP contribution in [0.2, 0.25) is 0 Å². The SMILES string of the molecule is CC(CNC(=O)c1ccc(O)c(O)c1)CC(=O)O. The summed E-state index contributed by atoms with van der Waals surface area (Å²) >= 11 is 0. The minimum Gasteiger partial charge on any atom is -0.504 e. The second-order valence-electron chi connectivity index (χ2n) is 4.12. The van der Waals surface area contributed by atoms with Crippen LogP contribution in [0.5, 0.6) is 11.5 Å². The third kappa shape index (κ3) is 3.97. The zero-order chi connectivity index (χ0) is 13.7. The van der Waals surface area contributed by atoms with E-state index in [1.54, 1.807) is 6.92 Å². The van der Waals surface area contributed by atoms with E-state index in [1.165, 1.54) is 12.1 Å². The first-order chi connectivity index (χ1) is 8.40. The second kappa shape index (κ2) is 5.90. The molecule has 18 heavy (non-hydrogen) atoms. The molecule has 98 valence electrons. The highest BCUT2D eigenvalue weighted by Gasteiger charge is 2.12. The fourth-order valence-corrected chi connectivity index (χ4v) is 1.40. The Balaban J connectivity index is 2.55. The molecule has 4 N–H and O–H groups in total. The van der Waals surface area contributed by atoms with Gasteiger partial charge in [-0.05, 0) is 24.1 Å². The monoisotopic (exact) mass is 253 g/mol. The molecular formula is C12H15NO5. The van der Waals surface area contributed by atoms with Crippen LogP contribution in [0.15, 0.2) is 18.2 Å². The van der Waals surface area contributed by atoms with Crippen LogP contribution >= 0.6 is 0 Å². The molecule has 1 aromatic carbocycles. The number of hydrogen-bond donors (Lipinski definition) is 4. The Morgan fingerprint density at radius 3 is 2.50 bits per heavy atom. The molecule has 1 unspecified atom stereocenters. The largest absolute Gasteiger partial charge is 0.504 e. The Morgan fingerprint density at radius 2 is 1.94 bits per heavy atom. The van der Waals surface area contributed by atoms with Crippen molar-refractivity contribution in [1.82, 2.24) is 5.32 Å². The van der Waals surface area contributed by atoms with Gasteiger partial charge >= 0.3 is 5.97 Å². The van der Waals surface area contributed by atoms with Crippen molar-refractivity contribution in [1.29, 1.82) is 0 Å². The number of carbonyl (C=O) groups excluding carboxylic acids is 1. The van der Waals surface area contributed by atoms with Crippen molar-refractivity contribution in [3.05, 3.63) is 23.8 Å². The van der Waals surface area contributed by atoms with Crippen LogP contribution in [0.1, 0.15) is 23.7 Å². The van der Waals surface area contributed by atoms with E-state index < -0.39 is 11.9 Å². The number of benzene rings is 1. The van der Waals surface area contributed by atoms with Gasteiger partial charge in [0, 0.05) is 18.5 Å². The van der Waals surface area contributed by atoms with Gasteiger partial charge in [-0.1, -0.05) is 6.92 Å². The van der Waals surface area contributed by atoms with Crippen LogP contribution in [-0.4, -0.2) is 33.7 Å². The van der Waals surface area contributed by atoms with Gasteiger partial charge in [0.15, 0.2) is 11.5 Å². The molecule has 0 aliphatic carbocycles. The number of carbonyl (C=O) groups is 2. The lowest BCUT2D eigenvalue weighted by Gasteiger charge is -2.10. The summed E-state index contributed by atoms with van der Waals surface area (Å²) in [5, 5.41) is 29.4. The van der Waals surface area contributed by atoms with Gasteiger partial charge in [0.2, 0.25) is 0 Å². The number of aromatic hydroxyl groups is 2. The van der Waals surface area contributed by atoms with Crippen LogP contribution in [0.25, 0.3) is 0 Å². The van der Waals surface area contributed by atoms with Crippen molar-refractivity contribution in [2.45, 2.75) is 13.3 Å². The van der Waals surface area contributed by atoms with Crippen molar-refractivity contribution < 1.29 is 24.9 Å². The molecule has 0 saturated carbocycles. The minimum absolute atomic E-state index is 0.0267. The van der Waals surface area contributed by atoms with Gasteiger partial charge in [-0.25, -0.2) is 0 Å². The second-order valence-corrected chi connectivity index (χ2v) is 4.12. The number of phenols is 2. The Bertz CT molecular complexity index is 458. The van der Waals surface area contributed by atoms with Gasteiger partial charge in [0.05, 0.1) is 0 Å². The molecule has 1 rings (SSSR count). The summed E-state index contributed by atoms with van der Waals surface area (Å²) in [6.45, 7) is 1.94. The minimum atomic E-state index is -0.918. The molecule has 0 fully saturated rings. The highest BCUT2D eigenvalue weighted by molar-refractivity contribution is 5.94. The van der Waals surface area contributed by atoms with Gasteiger partial charge in [-0.2, -0.15) is 0 Å². The highest BCUT2D eigenvalue weighted by Crippen LogP contribution is 2.24. The van der Waals surface area contributed by atoms with Crippen molar-refractivity contribution in [2.24, 2.45) is 5.92 Å². The van der Waals surface area contributed by atoms with Crippen molar-refractivity contribution in [3.63, 3.8) is 0 Å². The Morgan fingerprint density at radius 1 is 1.28 bits per heavy atom. The molecule has 0 spiro atoms. The summed E-state index contributed by atoms with van der Waals surface area (Å²) in [4.78, 5) is 22.1. The molecule has 0 aliphatic rings. The van der Waals surface area contributed by atoms with Crippen molar-refractivity contribution in [2.75, 3.05) is 6.54 Å². The van der Waals surface area contributed by atoms with E-state index in [1.807, 2.05) is 0 Å². The molecule has 0 heterocycles. The molecular weight excluding hydrogens is 238 g/mol. The molecule has 0 bridgehead atoms. The van der Waals surface area contributed by atoms with Gasteiger partial charge in [0.25, 0.3) is 5.91 Å². The van der Waals surface area contributed by atoms with Crippen LogP contribution in [0.3, 0.4) is 0 Å². The Hall–Kier alpha value is -2.24. The number of hydrogen-bond acceptors (Lipinski definition) is 4. The third-order valence-corrected chi connectivity index (χ3v) is 2.37. The number of rotatable bonds is 5. The van der Waals surface area contributed by atoms with E-state index in [-0.39, 0.29) is 35.9 Å². The number of carboxylic acid groups (broad SMARTS) is 1. The van der Waals surface area contributed by atoms with E-state index in [0.29, 0.717) is 0 Å². The zero-order valence-corrected chi connectivity index (χ0v) is 9.88. The summed E-state index contributed by atoms with van der Waals surface area (Å²) in [5.41, 5.74) is 0.202. The fraction of sp³-hybridized carbons (Fsp3) is 0.333. The lowest BCUT2D eigenvalue weighted by atomic mass is 10.1. The zero-order valence-electron chi connectivity index (χ0n) is 9.88. The molecule has 1 aromatic rings. The molecule has 0 aromatic heterocycles. The van der Waals surface area contributed by atoms with Crippen LogP contribution in [0.4, 0.5) is 0 Å². The normalized spacial score (nSPS) is 11.8. The third-order valence-electron chi connectivity index (χ3n) is 2.37.